The van der Waals surface area contributed by atoms with E-state index in [4.69, 9.17) is 22.0 Å². The number of likely N-dealkylation sites (N-methyl/N-ethyl adjacent to an activating group) is 1. The highest BCUT2D eigenvalue weighted by Crippen LogP contribution is 2.26. The topological polar surface area (TPSA) is 64.3 Å². The maximum atomic E-state index is 10.6. The maximum Gasteiger partial charge on any atom is 0.323 e. The van der Waals surface area contributed by atoms with Crippen LogP contribution >= 0.6 is 11.6 Å². The summed E-state index contributed by atoms with van der Waals surface area (Å²) in [6.45, 7) is 2.28. The Bertz CT molecular complexity index is 440. The van der Waals surface area contributed by atoms with Gasteiger partial charge < -0.3 is 10.0 Å². The van der Waals surface area contributed by atoms with Crippen molar-refractivity contribution in [3.05, 3.63) is 28.8 Å². The number of hydrogen-bond donors (Lipinski definition) is 1. The van der Waals surface area contributed by atoms with Gasteiger partial charge in [0.25, 0.3) is 0 Å². The smallest absolute Gasteiger partial charge is 0.323 e. The molecule has 1 aromatic rings. The number of carboxylic acids is 1. The van der Waals surface area contributed by atoms with E-state index in [0.29, 0.717) is 22.8 Å². The van der Waals surface area contributed by atoms with Crippen LogP contribution in [0.1, 0.15) is 12.5 Å². The van der Waals surface area contributed by atoms with E-state index < -0.39 is 5.97 Å². The van der Waals surface area contributed by atoms with Gasteiger partial charge in [-0.2, -0.15) is 5.26 Å². The van der Waals surface area contributed by atoms with Gasteiger partial charge in [-0.25, -0.2) is 0 Å². The average Bonchev–Trinajstić information content (AvgIpc) is 2.25. The molecule has 0 saturated heterocycles. The summed E-state index contributed by atoms with van der Waals surface area (Å²) in [5.74, 6) is -0.915. The number of carboxylic acid groups (broad SMARTS) is 1. The molecule has 5 heteroatoms. The summed E-state index contributed by atoms with van der Waals surface area (Å²) >= 11 is 5.98. The van der Waals surface area contributed by atoms with Crippen LogP contribution in [0.2, 0.25) is 5.02 Å². The number of nitrogens with zero attached hydrogens (tertiary/aromatic N) is 2. The highest BCUT2D eigenvalue weighted by Gasteiger charge is 2.12. The van der Waals surface area contributed by atoms with Crippen LogP contribution in [0.4, 0.5) is 5.69 Å². The van der Waals surface area contributed by atoms with E-state index in [1.165, 1.54) is 6.07 Å². The molecule has 0 radical (unpaired) electrons. The molecule has 0 bridgehead atoms. The van der Waals surface area contributed by atoms with E-state index in [0.717, 1.165) is 0 Å². The second-order valence-electron chi connectivity index (χ2n) is 3.19. The molecule has 0 aliphatic rings. The predicted octanol–water partition coefficient (Wildman–Crippen LogP) is 2.12. The number of hydrogen-bond acceptors (Lipinski definition) is 3. The highest BCUT2D eigenvalue weighted by atomic mass is 35.5. The molecule has 0 spiro atoms. The molecular weight excluding hydrogens is 228 g/mol. The molecule has 0 heterocycles. The third kappa shape index (κ3) is 2.88. The Hall–Kier alpha value is -1.73. The molecule has 1 aromatic carbocycles. The zero-order valence-electron chi connectivity index (χ0n) is 8.77. The number of carbonyl (C=O) groups is 1. The van der Waals surface area contributed by atoms with Gasteiger partial charge in [0.15, 0.2) is 0 Å². The Morgan fingerprint density at radius 1 is 1.62 bits per heavy atom. The molecule has 4 nitrogen and oxygen atoms in total. The summed E-state index contributed by atoms with van der Waals surface area (Å²) in [6, 6.07) is 6.78. The van der Waals surface area contributed by atoms with Crippen LogP contribution in [0, 0.1) is 11.3 Å². The van der Waals surface area contributed by atoms with Gasteiger partial charge in [-0.05, 0) is 25.1 Å². The standard InChI is InChI=1S/C11H11ClN2O2/c1-2-14(7-11(15)16)10-4-3-8(6-13)5-9(10)12/h3-5H,2,7H2,1H3,(H,15,16). The summed E-state index contributed by atoms with van der Waals surface area (Å²) in [4.78, 5) is 12.3. The summed E-state index contributed by atoms with van der Waals surface area (Å²) in [5, 5.41) is 17.8. The predicted molar refractivity (Wildman–Crippen MR) is 61.7 cm³/mol. The number of halogens is 1. The fourth-order valence-electron chi connectivity index (χ4n) is 1.36. The van der Waals surface area contributed by atoms with Crippen molar-refractivity contribution in [2.45, 2.75) is 6.92 Å². The molecule has 0 aliphatic carbocycles. The van der Waals surface area contributed by atoms with E-state index in [1.807, 2.05) is 13.0 Å². The monoisotopic (exact) mass is 238 g/mol. The Morgan fingerprint density at radius 3 is 2.75 bits per heavy atom. The molecule has 1 rings (SSSR count). The Kier molecular flexibility index (Phi) is 4.15. The summed E-state index contributed by atoms with van der Waals surface area (Å²) in [7, 11) is 0. The van der Waals surface area contributed by atoms with Gasteiger partial charge >= 0.3 is 5.97 Å². The minimum atomic E-state index is -0.915. The first-order valence-electron chi connectivity index (χ1n) is 4.75. The number of rotatable bonds is 4. The van der Waals surface area contributed by atoms with Crippen LogP contribution in [0.3, 0.4) is 0 Å². The van der Waals surface area contributed by atoms with Gasteiger partial charge in [0, 0.05) is 6.54 Å². The van der Waals surface area contributed by atoms with Crippen molar-refractivity contribution in [1.82, 2.24) is 0 Å². The fourth-order valence-corrected chi connectivity index (χ4v) is 1.66. The molecule has 0 aliphatic heterocycles. The number of anilines is 1. The third-order valence-corrected chi connectivity index (χ3v) is 2.43. The first-order chi connectivity index (χ1) is 7.58. The van der Waals surface area contributed by atoms with Crippen molar-refractivity contribution >= 4 is 23.3 Å². The lowest BCUT2D eigenvalue weighted by atomic mass is 10.2. The van der Waals surface area contributed by atoms with Crippen molar-refractivity contribution in [3.8, 4) is 6.07 Å². The summed E-state index contributed by atoms with van der Waals surface area (Å²) in [5.41, 5.74) is 1.09. The largest absolute Gasteiger partial charge is 0.480 e. The zero-order chi connectivity index (χ0) is 12.1. The van der Waals surface area contributed by atoms with Crippen LogP contribution < -0.4 is 4.90 Å². The molecule has 0 fully saturated rings. The van der Waals surface area contributed by atoms with Crippen LogP contribution in [-0.4, -0.2) is 24.2 Å². The Balaban J connectivity index is 3.02. The van der Waals surface area contributed by atoms with Crippen LogP contribution in [0.25, 0.3) is 0 Å². The molecule has 0 saturated carbocycles. The first kappa shape index (κ1) is 12.3. The average molecular weight is 239 g/mol. The van der Waals surface area contributed by atoms with Crippen molar-refractivity contribution in [3.63, 3.8) is 0 Å². The lowest BCUT2D eigenvalue weighted by Crippen LogP contribution is -2.29. The van der Waals surface area contributed by atoms with Gasteiger partial charge in [0.2, 0.25) is 0 Å². The first-order valence-corrected chi connectivity index (χ1v) is 5.12. The highest BCUT2D eigenvalue weighted by molar-refractivity contribution is 6.33. The molecular formula is C11H11ClN2O2. The summed E-state index contributed by atoms with van der Waals surface area (Å²) < 4.78 is 0. The fraction of sp³-hybridized carbons (Fsp3) is 0.273. The van der Waals surface area contributed by atoms with E-state index in [9.17, 15) is 4.79 Å². The molecule has 16 heavy (non-hydrogen) atoms. The van der Waals surface area contributed by atoms with Gasteiger partial charge in [0.05, 0.1) is 22.3 Å². The lowest BCUT2D eigenvalue weighted by Gasteiger charge is -2.21. The minimum absolute atomic E-state index is 0.109. The van der Waals surface area contributed by atoms with Crippen LogP contribution in [0.15, 0.2) is 18.2 Å². The molecule has 0 amide bonds. The molecule has 0 unspecified atom stereocenters. The summed E-state index contributed by atoms with van der Waals surface area (Å²) in [6.07, 6.45) is 0. The van der Waals surface area contributed by atoms with E-state index in [2.05, 4.69) is 0 Å². The van der Waals surface area contributed by atoms with Gasteiger partial charge in [-0.1, -0.05) is 11.6 Å². The Morgan fingerprint density at radius 2 is 2.31 bits per heavy atom. The molecule has 84 valence electrons. The van der Waals surface area contributed by atoms with Gasteiger partial charge in [-0.15, -0.1) is 0 Å². The van der Waals surface area contributed by atoms with E-state index >= 15 is 0 Å². The van der Waals surface area contributed by atoms with Crippen LogP contribution in [0.5, 0.6) is 0 Å². The second kappa shape index (κ2) is 5.38. The Labute approximate surface area is 98.7 Å². The van der Waals surface area contributed by atoms with E-state index in [1.54, 1.807) is 17.0 Å². The van der Waals surface area contributed by atoms with Gasteiger partial charge in [-0.3, -0.25) is 4.79 Å². The molecule has 0 atom stereocenters. The SMILES string of the molecule is CCN(CC(=O)O)c1ccc(C#N)cc1Cl. The van der Waals surface area contributed by atoms with Crippen molar-refractivity contribution < 1.29 is 9.90 Å². The maximum absolute atomic E-state index is 10.6. The van der Waals surface area contributed by atoms with Gasteiger partial charge in [0.1, 0.15) is 6.54 Å². The van der Waals surface area contributed by atoms with Crippen LogP contribution in [-0.2, 0) is 4.79 Å². The number of nitriles is 1. The lowest BCUT2D eigenvalue weighted by molar-refractivity contribution is -0.135. The third-order valence-electron chi connectivity index (χ3n) is 2.13. The van der Waals surface area contributed by atoms with E-state index in [-0.39, 0.29) is 6.54 Å². The normalized spacial score (nSPS) is 9.56. The number of benzene rings is 1. The van der Waals surface area contributed by atoms with Crippen molar-refractivity contribution in [2.24, 2.45) is 0 Å². The van der Waals surface area contributed by atoms with Crippen molar-refractivity contribution in [2.75, 3.05) is 18.0 Å². The molecule has 0 aromatic heterocycles. The minimum Gasteiger partial charge on any atom is -0.480 e. The number of aliphatic carboxylic acids is 1. The van der Waals surface area contributed by atoms with Crippen molar-refractivity contribution in [1.29, 1.82) is 5.26 Å². The molecule has 1 N–H and O–H groups in total. The second-order valence-corrected chi connectivity index (χ2v) is 3.59. The quantitative estimate of drug-likeness (QED) is 0.873. The zero-order valence-corrected chi connectivity index (χ0v) is 9.53.